The fraction of sp³-hybridized carbons (Fsp3) is 0.353. The van der Waals surface area contributed by atoms with Crippen molar-refractivity contribution in [1.29, 1.82) is 0 Å². The molecule has 0 saturated carbocycles. The Hall–Kier alpha value is -1.74. The van der Waals surface area contributed by atoms with Gasteiger partial charge >= 0.3 is 0 Å². The van der Waals surface area contributed by atoms with Gasteiger partial charge in [0, 0.05) is 37.2 Å². The van der Waals surface area contributed by atoms with Gasteiger partial charge in [-0.05, 0) is 49.6 Å². The second-order valence-corrected chi connectivity index (χ2v) is 6.00. The number of nitrogens with zero attached hydrogens (tertiary/aromatic N) is 2. The molecule has 0 spiro atoms. The summed E-state index contributed by atoms with van der Waals surface area (Å²) >= 11 is 6.29. The van der Waals surface area contributed by atoms with E-state index in [1.807, 2.05) is 18.5 Å². The highest BCUT2D eigenvalue weighted by Gasteiger charge is 2.19. The molecular formula is C17H20ClN3. The number of piperidine rings is 1. The van der Waals surface area contributed by atoms with E-state index < -0.39 is 0 Å². The van der Waals surface area contributed by atoms with E-state index in [0.29, 0.717) is 6.04 Å². The normalized spacial score (nSPS) is 16.0. The first kappa shape index (κ1) is 14.2. The molecular weight excluding hydrogens is 282 g/mol. The molecule has 1 aromatic carbocycles. The average Bonchev–Trinajstić information content (AvgIpc) is 2.52. The van der Waals surface area contributed by atoms with Gasteiger partial charge in [-0.15, -0.1) is 0 Å². The van der Waals surface area contributed by atoms with Gasteiger partial charge in [0.25, 0.3) is 0 Å². The monoisotopic (exact) mass is 301 g/mol. The van der Waals surface area contributed by atoms with E-state index in [4.69, 9.17) is 11.6 Å². The lowest BCUT2D eigenvalue weighted by molar-refractivity contribution is 0.526. The molecule has 0 radical (unpaired) electrons. The summed E-state index contributed by atoms with van der Waals surface area (Å²) in [5, 5.41) is 4.39. The van der Waals surface area contributed by atoms with Crippen LogP contribution in [0.15, 0.2) is 42.7 Å². The number of aromatic nitrogens is 1. The van der Waals surface area contributed by atoms with Crippen LogP contribution in [-0.4, -0.2) is 24.1 Å². The molecule has 1 N–H and O–H groups in total. The lowest BCUT2D eigenvalue weighted by Gasteiger charge is -2.34. The van der Waals surface area contributed by atoms with Crippen molar-refractivity contribution in [2.24, 2.45) is 0 Å². The number of hydrogen-bond acceptors (Lipinski definition) is 3. The van der Waals surface area contributed by atoms with Crippen molar-refractivity contribution in [2.45, 2.75) is 25.8 Å². The SMILES string of the molecule is Cc1ccc(NC2CCN(c3ccncc3)CC2)c(Cl)c1. The molecule has 2 heterocycles. The van der Waals surface area contributed by atoms with Crippen LogP contribution >= 0.6 is 11.6 Å². The quantitative estimate of drug-likeness (QED) is 0.924. The first-order valence-corrected chi connectivity index (χ1v) is 7.78. The topological polar surface area (TPSA) is 28.2 Å². The van der Waals surface area contributed by atoms with Gasteiger partial charge in [0.05, 0.1) is 10.7 Å². The molecule has 0 atom stereocenters. The lowest BCUT2D eigenvalue weighted by atomic mass is 10.0. The number of pyridine rings is 1. The molecule has 4 heteroatoms. The fourth-order valence-electron chi connectivity index (χ4n) is 2.79. The van der Waals surface area contributed by atoms with E-state index in [1.165, 1.54) is 11.3 Å². The molecule has 0 aliphatic carbocycles. The zero-order valence-electron chi connectivity index (χ0n) is 12.2. The summed E-state index contributed by atoms with van der Waals surface area (Å²) in [4.78, 5) is 6.49. The predicted molar refractivity (Wildman–Crippen MR) is 89.3 cm³/mol. The van der Waals surface area contributed by atoms with Crippen LogP contribution in [0.4, 0.5) is 11.4 Å². The molecule has 1 aliphatic rings. The molecule has 3 nitrogen and oxygen atoms in total. The van der Waals surface area contributed by atoms with Crippen LogP contribution in [0.2, 0.25) is 5.02 Å². The molecule has 1 aliphatic heterocycles. The number of anilines is 2. The van der Waals surface area contributed by atoms with Gasteiger partial charge in [-0.2, -0.15) is 0 Å². The number of benzene rings is 1. The Morgan fingerprint density at radius 3 is 2.52 bits per heavy atom. The summed E-state index contributed by atoms with van der Waals surface area (Å²) in [5.41, 5.74) is 3.50. The molecule has 110 valence electrons. The summed E-state index contributed by atoms with van der Waals surface area (Å²) in [6, 6.07) is 10.8. The third-order valence-corrected chi connectivity index (χ3v) is 4.32. The van der Waals surface area contributed by atoms with Gasteiger partial charge in [-0.25, -0.2) is 0 Å². The predicted octanol–water partition coefficient (Wildman–Crippen LogP) is 4.12. The van der Waals surface area contributed by atoms with Crippen molar-refractivity contribution in [1.82, 2.24) is 4.98 Å². The summed E-state index contributed by atoms with van der Waals surface area (Å²) < 4.78 is 0. The maximum atomic E-state index is 6.29. The molecule has 1 saturated heterocycles. The summed E-state index contributed by atoms with van der Waals surface area (Å²) in [6.07, 6.45) is 5.94. The first-order valence-electron chi connectivity index (χ1n) is 7.40. The van der Waals surface area contributed by atoms with Crippen molar-refractivity contribution in [3.63, 3.8) is 0 Å². The standard InChI is InChI=1S/C17H20ClN3/c1-13-2-3-17(16(18)12-13)20-14-6-10-21(11-7-14)15-4-8-19-9-5-15/h2-5,8-9,12,14,20H,6-7,10-11H2,1H3. The Kier molecular flexibility index (Phi) is 4.30. The maximum absolute atomic E-state index is 6.29. The molecule has 0 bridgehead atoms. The average molecular weight is 302 g/mol. The summed E-state index contributed by atoms with van der Waals surface area (Å²) in [7, 11) is 0. The van der Waals surface area contributed by atoms with Gasteiger partial charge in [-0.1, -0.05) is 17.7 Å². The highest BCUT2D eigenvalue weighted by molar-refractivity contribution is 6.33. The molecule has 3 rings (SSSR count). The first-order chi connectivity index (χ1) is 10.2. The minimum atomic E-state index is 0.489. The third-order valence-electron chi connectivity index (χ3n) is 4.01. The summed E-state index contributed by atoms with van der Waals surface area (Å²) in [6.45, 7) is 4.18. The Labute approximate surface area is 131 Å². The van der Waals surface area contributed by atoms with Crippen LogP contribution in [0.3, 0.4) is 0 Å². The number of aryl methyl sites for hydroxylation is 1. The van der Waals surface area contributed by atoms with Crippen molar-refractivity contribution < 1.29 is 0 Å². The Morgan fingerprint density at radius 2 is 1.86 bits per heavy atom. The maximum Gasteiger partial charge on any atom is 0.0640 e. The van der Waals surface area contributed by atoms with E-state index in [9.17, 15) is 0 Å². The van der Waals surface area contributed by atoms with Crippen molar-refractivity contribution in [3.8, 4) is 0 Å². The van der Waals surface area contributed by atoms with Gasteiger partial charge in [0.2, 0.25) is 0 Å². The number of halogens is 1. The number of hydrogen-bond donors (Lipinski definition) is 1. The highest BCUT2D eigenvalue weighted by Crippen LogP contribution is 2.26. The smallest absolute Gasteiger partial charge is 0.0640 e. The second-order valence-electron chi connectivity index (χ2n) is 5.59. The van der Waals surface area contributed by atoms with Gasteiger partial charge in [0.15, 0.2) is 0 Å². The van der Waals surface area contributed by atoms with Gasteiger partial charge < -0.3 is 10.2 Å². The van der Waals surface area contributed by atoms with Crippen LogP contribution in [0.5, 0.6) is 0 Å². The molecule has 0 unspecified atom stereocenters. The van der Waals surface area contributed by atoms with Crippen molar-refractivity contribution >= 4 is 23.0 Å². The molecule has 0 amide bonds. The number of nitrogens with one attached hydrogen (secondary N) is 1. The fourth-order valence-corrected chi connectivity index (χ4v) is 3.08. The molecule has 1 fully saturated rings. The Morgan fingerprint density at radius 1 is 1.14 bits per heavy atom. The van der Waals surface area contributed by atoms with Crippen molar-refractivity contribution in [3.05, 3.63) is 53.3 Å². The van der Waals surface area contributed by atoms with Crippen LogP contribution in [-0.2, 0) is 0 Å². The van der Waals surface area contributed by atoms with Crippen LogP contribution in [0, 0.1) is 6.92 Å². The largest absolute Gasteiger partial charge is 0.381 e. The van der Waals surface area contributed by atoms with Crippen LogP contribution in [0.25, 0.3) is 0 Å². The van der Waals surface area contributed by atoms with E-state index >= 15 is 0 Å². The van der Waals surface area contributed by atoms with Gasteiger partial charge in [0.1, 0.15) is 0 Å². The van der Waals surface area contributed by atoms with Crippen LogP contribution < -0.4 is 10.2 Å². The van der Waals surface area contributed by atoms with E-state index in [0.717, 1.165) is 36.6 Å². The lowest BCUT2D eigenvalue weighted by Crippen LogP contribution is -2.39. The highest BCUT2D eigenvalue weighted by atomic mass is 35.5. The Bertz CT molecular complexity index is 592. The molecule has 2 aromatic rings. The minimum absolute atomic E-state index is 0.489. The van der Waals surface area contributed by atoms with E-state index in [2.05, 4.69) is 46.4 Å². The minimum Gasteiger partial charge on any atom is -0.381 e. The number of rotatable bonds is 3. The van der Waals surface area contributed by atoms with E-state index in [-0.39, 0.29) is 0 Å². The molecule has 1 aromatic heterocycles. The van der Waals surface area contributed by atoms with Crippen LogP contribution in [0.1, 0.15) is 18.4 Å². The zero-order valence-corrected chi connectivity index (χ0v) is 13.0. The summed E-state index contributed by atoms with van der Waals surface area (Å²) in [5.74, 6) is 0. The molecule has 21 heavy (non-hydrogen) atoms. The zero-order chi connectivity index (χ0) is 14.7. The van der Waals surface area contributed by atoms with Crippen molar-refractivity contribution in [2.75, 3.05) is 23.3 Å². The third kappa shape index (κ3) is 3.48. The van der Waals surface area contributed by atoms with Gasteiger partial charge in [-0.3, -0.25) is 4.98 Å². The van der Waals surface area contributed by atoms with E-state index in [1.54, 1.807) is 0 Å². The second kappa shape index (κ2) is 6.35. The Balaban J connectivity index is 1.59.